The van der Waals surface area contributed by atoms with Crippen LogP contribution in [0.15, 0.2) is 6.20 Å². The molecule has 7 heteroatoms. The van der Waals surface area contributed by atoms with Crippen LogP contribution in [0.25, 0.3) is 0 Å². The molecule has 0 radical (unpaired) electrons. The van der Waals surface area contributed by atoms with Crippen LogP contribution in [0.5, 0.6) is 0 Å². The van der Waals surface area contributed by atoms with Gasteiger partial charge in [0.05, 0.1) is 6.20 Å². The van der Waals surface area contributed by atoms with Crippen LogP contribution in [0.4, 0.5) is 0 Å². The highest BCUT2D eigenvalue weighted by molar-refractivity contribution is 7.13. The minimum absolute atomic E-state index is 0.174. The summed E-state index contributed by atoms with van der Waals surface area (Å²) in [5, 5.41) is 12.4. The lowest BCUT2D eigenvalue weighted by Crippen LogP contribution is -2.41. The van der Waals surface area contributed by atoms with Gasteiger partial charge in [-0.2, -0.15) is 0 Å². The molecule has 1 aromatic heterocycles. The minimum Gasteiger partial charge on any atom is -0.480 e. The first-order valence-electron chi connectivity index (χ1n) is 6.96. The van der Waals surface area contributed by atoms with E-state index in [9.17, 15) is 9.59 Å². The number of ether oxygens (including phenoxy) is 1. The Balaban J connectivity index is 2.72. The van der Waals surface area contributed by atoms with E-state index in [1.165, 1.54) is 17.5 Å². The van der Waals surface area contributed by atoms with E-state index in [0.717, 1.165) is 0 Å². The molecule has 1 heterocycles. The van der Waals surface area contributed by atoms with Crippen LogP contribution in [0.3, 0.4) is 0 Å². The molecule has 0 aliphatic heterocycles. The molecule has 1 rings (SSSR count). The van der Waals surface area contributed by atoms with Crippen LogP contribution in [0, 0.1) is 5.92 Å². The van der Waals surface area contributed by atoms with Gasteiger partial charge in [-0.1, -0.05) is 13.8 Å². The molecule has 0 spiro atoms. The van der Waals surface area contributed by atoms with E-state index >= 15 is 0 Å². The van der Waals surface area contributed by atoms with Crippen LogP contribution < -0.4 is 5.32 Å². The van der Waals surface area contributed by atoms with Crippen molar-refractivity contribution in [3.05, 3.63) is 16.1 Å². The summed E-state index contributed by atoms with van der Waals surface area (Å²) in [4.78, 5) is 27.8. The number of hydrogen-bond acceptors (Lipinski definition) is 5. The Bertz CT molecular complexity index is 487. The maximum atomic E-state index is 12.1. The average molecular weight is 314 g/mol. The summed E-state index contributed by atoms with van der Waals surface area (Å²) >= 11 is 1.22. The second-order valence-corrected chi connectivity index (χ2v) is 6.22. The number of thiazole rings is 1. The Labute approximate surface area is 128 Å². The average Bonchev–Trinajstić information content (AvgIpc) is 2.87. The van der Waals surface area contributed by atoms with E-state index in [1.807, 2.05) is 27.7 Å². The van der Waals surface area contributed by atoms with Gasteiger partial charge in [0.2, 0.25) is 0 Å². The normalized spacial score (nSPS) is 14.0. The van der Waals surface area contributed by atoms with Gasteiger partial charge in [-0.15, -0.1) is 11.3 Å². The van der Waals surface area contributed by atoms with Crippen molar-refractivity contribution in [1.82, 2.24) is 10.3 Å². The lowest BCUT2D eigenvalue weighted by Gasteiger charge is -2.15. The fourth-order valence-corrected chi connectivity index (χ4v) is 2.65. The van der Waals surface area contributed by atoms with Gasteiger partial charge in [0.1, 0.15) is 22.0 Å². The second kappa shape index (κ2) is 8.09. The minimum atomic E-state index is -1.02. The highest BCUT2D eigenvalue weighted by Gasteiger charge is 2.23. The Morgan fingerprint density at radius 2 is 2.10 bits per heavy atom. The van der Waals surface area contributed by atoms with Crippen LogP contribution in [0.2, 0.25) is 0 Å². The van der Waals surface area contributed by atoms with Crippen molar-refractivity contribution in [2.45, 2.75) is 46.3 Å². The van der Waals surface area contributed by atoms with Gasteiger partial charge in [0, 0.05) is 6.61 Å². The number of rotatable bonds is 8. The molecule has 0 aliphatic carbocycles. The van der Waals surface area contributed by atoms with Crippen molar-refractivity contribution < 1.29 is 19.4 Å². The van der Waals surface area contributed by atoms with E-state index in [4.69, 9.17) is 9.84 Å². The standard InChI is InChI=1S/C14H22N2O4S/c1-5-20-9(4)13-15-7-11(21-13)12(17)16-10(14(18)19)6-8(2)3/h7-10H,5-6H2,1-4H3,(H,16,17)(H,18,19)/t9?,10-/m0/s1. The van der Waals surface area contributed by atoms with Gasteiger partial charge in [-0.05, 0) is 26.2 Å². The molecule has 0 fully saturated rings. The third-order valence-electron chi connectivity index (χ3n) is 2.82. The van der Waals surface area contributed by atoms with Gasteiger partial charge in [0.25, 0.3) is 5.91 Å². The maximum Gasteiger partial charge on any atom is 0.326 e. The topological polar surface area (TPSA) is 88.5 Å². The van der Waals surface area contributed by atoms with Gasteiger partial charge in [0.15, 0.2) is 0 Å². The molecule has 0 aliphatic rings. The SMILES string of the molecule is CCOC(C)c1ncc(C(=O)N[C@@H](CC(C)C)C(=O)O)s1. The molecule has 21 heavy (non-hydrogen) atoms. The number of carboxylic acids is 1. The van der Waals surface area contributed by atoms with E-state index in [0.29, 0.717) is 22.9 Å². The molecule has 1 aromatic rings. The number of aromatic nitrogens is 1. The van der Waals surface area contributed by atoms with E-state index in [-0.39, 0.29) is 12.0 Å². The van der Waals surface area contributed by atoms with Crippen molar-refractivity contribution in [1.29, 1.82) is 0 Å². The Hall–Kier alpha value is -1.47. The zero-order chi connectivity index (χ0) is 16.0. The summed E-state index contributed by atoms with van der Waals surface area (Å²) in [6, 6.07) is -0.882. The molecule has 1 amide bonds. The van der Waals surface area contributed by atoms with Crippen LogP contribution in [-0.4, -0.2) is 34.6 Å². The monoisotopic (exact) mass is 314 g/mol. The van der Waals surface area contributed by atoms with Gasteiger partial charge in [-0.25, -0.2) is 9.78 Å². The number of carbonyl (C=O) groups is 2. The first-order valence-corrected chi connectivity index (χ1v) is 7.77. The van der Waals surface area contributed by atoms with Gasteiger partial charge in [-0.3, -0.25) is 4.79 Å². The zero-order valence-corrected chi connectivity index (χ0v) is 13.6. The zero-order valence-electron chi connectivity index (χ0n) is 12.8. The molecule has 118 valence electrons. The van der Waals surface area contributed by atoms with Crippen molar-refractivity contribution in [2.24, 2.45) is 5.92 Å². The fourth-order valence-electron chi connectivity index (χ4n) is 1.82. The first-order chi connectivity index (χ1) is 9.85. The second-order valence-electron chi connectivity index (χ2n) is 5.15. The van der Waals surface area contributed by atoms with Crippen LogP contribution in [-0.2, 0) is 9.53 Å². The van der Waals surface area contributed by atoms with Crippen molar-refractivity contribution in [3.8, 4) is 0 Å². The summed E-state index contributed by atoms with van der Waals surface area (Å²) < 4.78 is 5.41. The molecule has 1 unspecified atom stereocenters. The van der Waals surface area contributed by atoms with E-state index < -0.39 is 17.9 Å². The van der Waals surface area contributed by atoms with Gasteiger partial charge >= 0.3 is 5.97 Å². The van der Waals surface area contributed by atoms with Crippen molar-refractivity contribution in [2.75, 3.05) is 6.61 Å². The van der Waals surface area contributed by atoms with Crippen LogP contribution >= 0.6 is 11.3 Å². The van der Waals surface area contributed by atoms with Crippen LogP contribution in [0.1, 0.15) is 54.9 Å². The molecule has 2 atom stereocenters. The highest BCUT2D eigenvalue weighted by Crippen LogP contribution is 2.22. The number of aliphatic carboxylic acids is 1. The predicted molar refractivity (Wildman–Crippen MR) is 80.5 cm³/mol. The molecule has 6 nitrogen and oxygen atoms in total. The summed E-state index contributed by atoms with van der Waals surface area (Å²) in [6.07, 6.45) is 1.67. The quantitative estimate of drug-likeness (QED) is 0.769. The molecule has 2 N–H and O–H groups in total. The summed E-state index contributed by atoms with van der Waals surface area (Å²) in [5.74, 6) is -1.25. The van der Waals surface area contributed by atoms with Gasteiger partial charge < -0.3 is 15.2 Å². The van der Waals surface area contributed by atoms with E-state index in [2.05, 4.69) is 10.3 Å². The fraction of sp³-hybridized carbons (Fsp3) is 0.643. The number of carbonyl (C=O) groups excluding carboxylic acids is 1. The van der Waals surface area contributed by atoms with E-state index in [1.54, 1.807) is 0 Å². The number of nitrogens with one attached hydrogen (secondary N) is 1. The molecule has 0 saturated heterocycles. The number of carboxylic acid groups (broad SMARTS) is 1. The summed E-state index contributed by atoms with van der Waals surface area (Å²) in [6.45, 7) is 8.15. The lowest BCUT2D eigenvalue weighted by molar-refractivity contribution is -0.139. The Morgan fingerprint density at radius 1 is 1.43 bits per heavy atom. The first kappa shape index (κ1) is 17.6. The molecular formula is C14H22N2O4S. The smallest absolute Gasteiger partial charge is 0.326 e. The van der Waals surface area contributed by atoms with Crippen molar-refractivity contribution in [3.63, 3.8) is 0 Å². The number of amides is 1. The predicted octanol–water partition coefficient (Wildman–Crippen LogP) is 2.47. The maximum absolute atomic E-state index is 12.1. The third kappa shape index (κ3) is 5.43. The third-order valence-corrected chi connectivity index (χ3v) is 3.98. The lowest BCUT2D eigenvalue weighted by atomic mass is 10.0. The summed E-state index contributed by atoms with van der Waals surface area (Å²) in [5.41, 5.74) is 0. The number of nitrogens with zero attached hydrogens (tertiary/aromatic N) is 1. The summed E-state index contributed by atoms with van der Waals surface area (Å²) in [7, 11) is 0. The molecule has 0 bridgehead atoms. The highest BCUT2D eigenvalue weighted by atomic mass is 32.1. The Kier molecular flexibility index (Phi) is 6.77. The largest absolute Gasteiger partial charge is 0.480 e. The molecule has 0 aromatic carbocycles. The molecule has 0 saturated carbocycles. The Morgan fingerprint density at radius 3 is 2.62 bits per heavy atom. The van der Waals surface area contributed by atoms with Crippen molar-refractivity contribution >= 4 is 23.2 Å². The molecular weight excluding hydrogens is 292 g/mol. The number of hydrogen-bond donors (Lipinski definition) is 2.